The number of carbonyl (C=O) groups is 1. The molecular formula is C11H18F3NO3. The molecule has 1 rings (SSSR count). The van der Waals surface area contributed by atoms with Gasteiger partial charge in [0.05, 0.1) is 0 Å². The van der Waals surface area contributed by atoms with Crippen LogP contribution in [-0.2, 0) is 9.53 Å². The molecule has 0 bridgehead atoms. The zero-order valence-corrected chi connectivity index (χ0v) is 10.2. The number of halogens is 3. The van der Waals surface area contributed by atoms with Crippen molar-refractivity contribution in [3.05, 3.63) is 0 Å². The average molecular weight is 269 g/mol. The summed E-state index contributed by atoms with van der Waals surface area (Å²) in [5, 5.41) is 9.04. The number of aliphatic carboxylic acids is 1. The normalized spacial score (nSPS) is 25.6. The lowest BCUT2D eigenvalue weighted by Crippen LogP contribution is -2.39. The Balaban J connectivity index is 2.21. The lowest BCUT2D eigenvalue weighted by molar-refractivity contribution is -0.174. The van der Waals surface area contributed by atoms with Crippen LogP contribution in [0.2, 0.25) is 0 Å². The molecular weight excluding hydrogens is 251 g/mol. The number of alkyl halides is 3. The highest BCUT2D eigenvalue weighted by Gasteiger charge is 2.36. The van der Waals surface area contributed by atoms with Gasteiger partial charge in [-0.3, -0.25) is 9.69 Å². The Morgan fingerprint density at radius 3 is 2.72 bits per heavy atom. The standard InChI is InChI=1S/C11H18F3NO3/c1-8-3-5-15(9(8)10(16)17)4-2-6-18-7-11(12,13)14/h8-9H,2-7H2,1H3,(H,16,17). The topological polar surface area (TPSA) is 49.8 Å². The van der Waals surface area contributed by atoms with Crippen LogP contribution >= 0.6 is 0 Å². The summed E-state index contributed by atoms with van der Waals surface area (Å²) < 4.78 is 39.9. The maximum atomic E-state index is 11.8. The molecule has 1 heterocycles. The van der Waals surface area contributed by atoms with Crippen LogP contribution in [-0.4, -0.2) is 54.5 Å². The van der Waals surface area contributed by atoms with Crippen LogP contribution in [0.15, 0.2) is 0 Å². The van der Waals surface area contributed by atoms with E-state index in [0.717, 1.165) is 6.42 Å². The summed E-state index contributed by atoms with van der Waals surface area (Å²) in [7, 11) is 0. The van der Waals surface area contributed by atoms with Gasteiger partial charge in [-0.05, 0) is 25.3 Å². The molecule has 0 spiro atoms. The van der Waals surface area contributed by atoms with E-state index in [0.29, 0.717) is 19.5 Å². The second-order valence-electron chi connectivity index (χ2n) is 4.61. The van der Waals surface area contributed by atoms with E-state index < -0.39 is 24.8 Å². The zero-order valence-electron chi connectivity index (χ0n) is 10.2. The van der Waals surface area contributed by atoms with E-state index in [1.165, 1.54) is 0 Å². The van der Waals surface area contributed by atoms with Crippen LogP contribution in [0.5, 0.6) is 0 Å². The minimum absolute atomic E-state index is 0.00324. The van der Waals surface area contributed by atoms with Crippen LogP contribution in [0.4, 0.5) is 13.2 Å². The van der Waals surface area contributed by atoms with Gasteiger partial charge in [-0.25, -0.2) is 0 Å². The summed E-state index contributed by atoms with van der Waals surface area (Å²) in [5.74, 6) is -0.783. The molecule has 0 amide bonds. The van der Waals surface area contributed by atoms with E-state index in [-0.39, 0.29) is 12.5 Å². The van der Waals surface area contributed by atoms with E-state index in [1.807, 2.05) is 6.92 Å². The number of carboxylic acid groups (broad SMARTS) is 1. The number of rotatable bonds is 6. The van der Waals surface area contributed by atoms with Gasteiger partial charge in [0.25, 0.3) is 0 Å². The molecule has 106 valence electrons. The van der Waals surface area contributed by atoms with E-state index in [4.69, 9.17) is 5.11 Å². The summed E-state index contributed by atoms with van der Waals surface area (Å²) in [5.41, 5.74) is 0. The van der Waals surface area contributed by atoms with Gasteiger partial charge in [-0.1, -0.05) is 6.92 Å². The average Bonchev–Trinajstić information content (AvgIpc) is 2.57. The first kappa shape index (κ1) is 15.2. The number of nitrogens with zero attached hydrogens (tertiary/aromatic N) is 1. The SMILES string of the molecule is CC1CCN(CCCOCC(F)(F)F)C1C(=O)O. The van der Waals surface area contributed by atoms with Gasteiger partial charge in [0.1, 0.15) is 12.6 Å². The highest BCUT2D eigenvalue weighted by Crippen LogP contribution is 2.24. The molecule has 1 aliphatic heterocycles. The third-order valence-electron chi connectivity index (χ3n) is 3.06. The number of carboxylic acids is 1. The van der Waals surface area contributed by atoms with Crippen molar-refractivity contribution < 1.29 is 27.8 Å². The predicted molar refractivity (Wildman–Crippen MR) is 58.3 cm³/mol. The monoisotopic (exact) mass is 269 g/mol. The Labute approximate surface area is 104 Å². The van der Waals surface area contributed by atoms with Crippen molar-refractivity contribution in [2.24, 2.45) is 5.92 Å². The van der Waals surface area contributed by atoms with E-state index in [1.54, 1.807) is 4.90 Å². The molecule has 1 fully saturated rings. The number of hydrogen-bond acceptors (Lipinski definition) is 3. The van der Waals surface area contributed by atoms with Crippen molar-refractivity contribution in [1.82, 2.24) is 4.90 Å². The van der Waals surface area contributed by atoms with Crippen LogP contribution < -0.4 is 0 Å². The molecule has 0 saturated carbocycles. The predicted octanol–water partition coefficient (Wildman–Crippen LogP) is 1.75. The summed E-state index contributed by atoms with van der Waals surface area (Å²) in [6, 6.07) is -0.521. The maximum absolute atomic E-state index is 11.8. The third kappa shape index (κ3) is 4.81. The van der Waals surface area contributed by atoms with Crippen molar-refractivity contribution in [3.8, 4) is 0 Å². The van der Waals surface area contributed by atoms with Gasteiger partial charge in [0.15, 0.2) is 0 Å². The minimum Gasteiger partial charge on any atom is -0.480 e. The molecule has 2 unspecified atom stereocenters. The summed E-state index contributed by atoms with van der Waals surface area (Å²) >= 11 is 0. The smallest absolute Gasteiger partial charge is 0.411 e. The Kier molecular flexibility index (Phi) is 5.40. The summed E-state index contributed by atoms with van der Waals surface area (Å²) in [4.78, 5) is 12.8. The molecule has 0 radical (unpaired) electrons. The van der Waals surface area contributed by atoms with Gasteiger partial charge in [-0.2, -0.15) is 13.2 Å². The fourth-order valence-electron chi connectivity index (χ4n) is 2.23. The fourth-order valence-corrected chi connectivity index (χ4v) is 2.23. The van der Waals surface area contributed by atoms with Gasteiger partial charge in [0, 0.05) is 13.2 Å². The van der Waals surface area contributed by atoms with E-state index in [9.17, 15) is 18.0 Å². The maximum Gasteiger partial charge on any atom is 0.411 e. The zero-order chi connectivity index (χ0) is 13.8. The molecule has 0 aromatic rings. The Bertz CT molecular complexity index is 283. The molecule has 1 aliphatic rings. The Hall–Kier alpha value is -0.820. The molecule has 0 aromatic heterocycles. The molecule has 4 nitrogen and oxygen atoms in total. The van der Waals surface area contributed by atoms with Gasteiger partial charge < -0.3 is 9.84 Å². The van der Waals surface area contributed by atoms with Crippen molar-refractivity contribution >= 4 is 5.97 Å². The minimum atomic E-state index is -4.30. The lowest BCUT2D eigenvalue weighted by atomic mass is 10.0. The van der Waals surface area contributed by atoms with Crippen molar-refractivity contribution in [2.75, 3.05) is 26.3 Å². The first-order valence-electron chi connectivity index (χ1n) is 5.92. The summed E-state index contributed by atoms with van der Waals surface area (Å²) in [6.07, 6.45) is -3.08. The van der Waals surface area contributed by atoms with Crippen LogP contribution in [0.25, 0.3) is 0 Å². The largest absolute Gasteiger partial charge is 0.480 e. The molecule has 1 saturated heterocycles. The van der Waals surface area contributed by atoms with Crippen LogP contribution in [0, 0.1) is 5.92 Å². The van der Waals surface area contributed by atoms with Crippen LogP contribution in [0.3, 0.4) is 0 Å². The van der Waals surface area contributed by atoms with Crippen molar-refractivity contribution in [2.45, 2.75) is 32.0 Å². The molecule has 0 aromatic carbocycles. The number of ether oxygens (including phenoxy) is 1. The van der Waals surface area contributed by atoms with Crippen molar-refractivity contribution in [1.29, 1.82) is 0 Å². The van der Waals surface area contributed by atoms with Crippen LogP contribution in [0.1, 0.15) is 19.8 Å². The van der Waals surface area contributed by atoms with Gasteiger partial charge >= 0.3 is 12.1 Å². The number of likely N-dealkylation sites (tertiary alicyclic amines) is 1. The highest BCUT2D eigenvalue weighted by atomic mass is 19.4. The Morgan fingerprint density at radius 2 is 2.17 bits per heavy atom. The number of hydrogen-bond donors (Lipinski definition) is 1. The molecule has 2 atom stereocenters. The first-order chi connectivity index (χ1) is 8.31. The van der Waals surface area contributed by atoms with Gasteiger partial charge in [0.2, 0.25) is 0 Å². The van der Waals surface area contributed by atoms with E-state index in [2.05, 4.69) is 4.74 Å². The molecule has 18 heavy (non-hydrogen) atoms. The van der Waals surface area contributed by atoms with E-state index >= 15 is 0 Å². The Morgan fingerprint density at radius 1 is 1.50 bits per heavy atom. The summed E-state index contributed by atoms with van der Waals surface area (Å²) in [6.45, 7) is 1.76. The molecule has 7 heteroatoms. The highest BCUT2D eigenvalue weighted by molar-refractivity contribution is 5.74. The molecule has 0 aliphatic carbocycles. The second-order valence-corrected chi connectivity index (χ2v) is 4.61. The lowest BCUT2D eigenvalue weighted by Gasteiger charge is -2.22. The first-order valence-corrected chi connectivity index (χ1v) is 5.92. The fraction of sp³-hybridized carbons (Fsp3) is 0.909. The van der Waals surface area contributed by atoms with Gasteiger partial charge in [-0.15, -0.1) is 0 Å². The quantitative estimate of drug-likeness (QED) is 0.746. The second kappa shape index (κ2) is 6.38. The van der Waals surface area contributed by atoms with Crippen molar-refractivity contribution in [3.63, 3.8) is 0 Å². The third-order valence-corrected chi connectivity index (χ3v) is 3.06. The molecule has 1 N–H and O–H groups in total.